The van der Waals surface area contributed by atoms with E-state index in [1.165, 1.54) is 0 Å². The average Bonchev–Trinajstić information content (AvgIpc) is 2.73. The van der Waals surface area contributed by atoms with Gasteiger partial charge in [0, 0.05) is 0 Å². The fourth-order valence-electron chi connectivity index (χ4n) is 2.63. The molecule has 0 aliphatic heterocycles. The van der Waals surface area contributed by atoms with Gasteiger partial charge in [0.05, 0.1) is 19.8 Å². The number of rotatable bonds is 9. The normalized spacial score (nSPS) is 12.0. The fraction of sp³-hybridized carbons (Fsp3) is 0.304. The van der Waals surface area contributed by atoms with Gasteiger partial charge in [-0.1, -0.05) is 49.7 Å². The number of unbranched alkanes of at least 4 members (excludes halogenated alkanes) is 1. The Balaban J connectivity index is 2.14. The lowest BCUT2D eigenvalue weighted by molar-refractivity contribution is -0.117. The SMILES string of the molecule is CCCCOc1ccc(C=C(C#N)C(=O)NC(C)c2ccccc2)cc1OC. The fourth-order valence-corrected chi connectivity index (χ4v) is 2.63. The first-order valence-electron chi connectivity index (χ1n) is 9.37. The largest absolute Gasteiger partial charge is 0.493 e. The van der Waals surface area contributed by atoms with Crippen LogP contribution in [0.4, 0.5) is 0 Å². The number of carbonyl (C=O) groups is 1. The lowest BCUT2D eigenvalue weighted by Crippen LogP contribution is -2.27. The number of ether oxygens (including phenoxy) is 2. The van der Waals surface area contributed by atoms with Crippen molar-refractivity contribution in [3.05, 3.63) is 65.2 Å². The number of hydrogen-bond acceptors (Lipinski definition) is 4. The highest BCUT2D eigenvalue weighted by Gasteiger charge is 2.14. The van der Waals surface area contributed by atoms with Gasteiger partial charge in [-0.15, -0.1) is 0 Å². The molecule has 0 bridgehead atoms. The number of nitrogens with one attached hydrogen (secondary N) is 1. The first-order chi connectivity index (χ1) is 13.6. The highest BCUT2D eigenvalue weighted by Crippen LogP contribution is 2.29. The summed E-state index contributed by atoms with van der Waals surface area (Å²) in [6.07, 6.45) is 3.56. The van der Waals surface area contributed by atoms with Crippen molar-refractivity contribution in [3.8, 4) is 17.6 Å². The summed E-state index contributed by atoms with van der Waals surface area (Å²) in [6, 6.07) is 16.7. The molecule has 0 saturated carbocycles. The highest BCUT2D eigenvalue weighted by atomic mass is 16.5. The van der Waals surface area contributed by atoms with E-state index in [1.807, 2.05) is 43.3 Å². The monoisotopic (exact) mass is 378 g/mol. The summed E-state index contributed by atoms with van der Waals surface area (Å²) in [5.74, 6) is 0.801. The first kappa shape index (κ1) is 21.0. The quantitative estimate of drug-likeness (QED) is 0.391. The van der Waals surface area contributed by atoms with Crippen LogP contribution in [0.5, 0.6) is 11.5 Å². The van der Waals surface area contributed by atoms with Crippen LogP contribution in [0, 0.1) is 11.3 Å². The molecule has 2 rings (SSSR count). The van der Waals surface area contributed by atoms with Crippen LogP contribution in [0.3, 0.4) is 0 Å². The zero-order chi connectivity index (χ0) is 20.4. The minimum atomic E-state index is -0.416. The van der Waals surface area contributed by atoms with Gasteiger partial charge in [0.1, 0.15) is 11.6 Å². The average molecular weight is 378 g/mol. The van der Waals surface area contributed by atoms with Gasteiger partial charge in [0.2, 0.25) is 0 Å². The summed E-state index contributed by atoms with van der Waals surface area (Å²) < 4.78 is 11.1. The molecule has 5 heteroatoms. The van der Waals surface area contributed by atoms with E-state index in [-0.39, 0.29) is 11.6 Å². The summed E-state index contributed by atoms with van der Waals surface area (Å²) in [7, 11) is 1.56. The second-order valence-electron chi connectivity index (χ2n) is 6.39. The van der Waals surface area contributed by atoms with Crippen molar-refractivity contribution in [2.24, 2.45) is 0 Å². The molecular weight excluding hydrogens is 352 g/mol. The van der Waals surface area contributed by atoms with Gasteiger partial charge in [-0.3, -0.25) is 4.79 Å². The van der Waals surface area contributed by atoms with Gasteiger partial charge in [-0.25, -0.2) is 0 Å². The Morgan fingerprint density at radius 1 is 1.21 bits per heavy atom. The topological polar surface area (TPSA) is 71.3 Å². The molecule has 1 unspecified atom stereocenters. The molecule has 0 fully saturated rings. The molecule has 2 aromatic rings. The van der Waals surface area contributed by atoms with Gasteiger partial charge >= 0.3 is 0 Å². The third-order valence-corrected chi connectivity index (χ3v) is 4.27. The van der Waals surface area contributed by atoms with Gasteiger partial charge in [-0.05, 0) is 42.7 Å². The zero-order valence-electron chi connectivity index (χ0n) is 16.6. The maximum atomic E-state index is 12.5. The number of benzene rings is 2. The van der Waals surface area contributed by atoms with E-state index in [9.17, 15) is 10.1 Å². The third-order valence-electron chi connectivity index (χ3n) is 4.27. The number of methoxy groups -OCH3 is 1. The van der Waals surface area contributed by atoms with Crippen LogP contribution in [0.2, 0.25) is 0 Å². The summed E-state index contributed by atoms with van der Waals surface area (Å²) in [5, 5.41) is 12.3. The number of amides is 1. The van der Waals surface area contributed by atoms with Crippen molar-refractivity contribution in [3.63, 3.8) is 0 Å². The maximum Gasteiger partial charge on any atom is 0.262 e. The second kappa shape index (κ2) is 10.8. The maximum absolute atomic E-state index is 12.5. The first-order valence-corrected chi connectivity index (χ1v) is 9.37. The number of nitriles is 1. The lowest BCUT2D eigenvalue weighted by atomic mass is 10.1. The molecule has 0 spiro atoms. The van der Waals surface area contributed by atoms with Crippen molar-refractivity contribution in [2.75, 3.05) is 13.7 Å². The zero-order valence-corrected chi connectivity index (χ0v) is 16.6. The molecule has 0 saturated heterocycles. The molecule has 1 atom stereocenters. The molecule has 2 aromatic carbocycles. The molecule has 5 nitrogen and oxygen atoms in total. The Labute approximate surface area is 166 Å². The van der Waals surface area contributed by atoms with Crippen LogP contribution in [0.1, 0.15) is 43.9 Å². The van der Waals surface area contributed by atoms with Gasteiger partial charge < -0.3 is 14.8 Å². The van der Waals surface area contributed by atoms with Crippen molar-refractivity contribution in [1.82, 2.24) is 5.32 Å². The van der Waals surface area contributed by atoms with Crippen molar-refractivity contribution < 1.29 is 14.3 Å². The molecule has 0 aliphatic rings. The van der Waals surface area contributed by atoms with Crippen LogP contribution < -0.4 is 14.8 Å². The molecule has 0 aromatic heterocycles. The molecule has 0 radical (unpaired) electrons. The molecule has 0 aliphatic carbocycles. The van der Waals surface area contributed by atoms with Crippen LogP contribution in [-0.4, -0.2) is 19.6 Å². The highest BCUT2D eigenvalue weighted by molar-refractivity contribution is 6.01. The van der Waals surface area contributed by atoms with Crippen LogP contribution in [-0.2, 0) is 4.79 Å². The van der Waals surface area contributed by atoms with Crippen molar-refractivity contribution in [2.45, 2.75) is 32.7 Å². The second-order valence-corrected chi connectivity index (χ2v) is 6.39. The Kier molecular flexibility index (Phi) is 8.11. The minimum absolute atomic E-state index is 0.0319. The molecule has 0 heterocycles. The van der Waals surface area contributed by atoms with Crippen molar-refractivity contribution >= 4 is 12.0 Å². The molecule has 28 heavy (non-hydrogen) atoms. The van der Waals surface area contributed by atoms with E-state index in [2.05, 4.69) is 12.2 Å². The van der Waals surface area contributed by atoms with Crippen LogP contribution in [0.25, 0.3) is 6.08 Å². The van der Waals surface area contributed by atoms with Gasteiger partial charge in [-0.2, -0.15) is 5.26 Å². The molecular formula is C23H26N2O3. The summed E-state index contributed by atoms with van der Waals surface area (Å²) in [4.78, 5) is 12.5. The number of carbonyl (C=O) groups excluding carboxylic acids is 1. The minimum Gasteiger partial charge on any atom is -0.493 e. The van der Waals surface area contributed by atoms with E-state index in [0.717, 1.165) is 18.4 Å². The van der Waals surface area contributed by atoms with Crippen LogP contribution >= 0.6 is 0 Å². The Hall–Kier alpha value is -3.26. The predicted octanol–water partition coefficient (Wildman–Crippen LogP) is 4.66. The number of nitrogens with zero attached hydrogens (tertiary/aromatic N) is 1. The Morgan fingerprint density at radius 3 is 2.61 bits per heavy atom. The standard InChI is InChI=1S/C23H26N2O3/c1-4-5-13-28-21-12-11-18(15-22(21)27-3)14-20(16-24)23(26)25-17(2)19-9-7-6-8-10-19/h6-12,14-15,17H,4-5,13H2,1-3H3,(H,25,26). The number of hydrogen-bond donors (Lipinski definition) is 1. The summed E-state index contributed by atoms with van der Waals surface area (Å²) in [5.41, 5.74) is 1.70. The van der Waals surface area contributed by atoms with E-state index >= 15 is 0 Å². The predicted molar refractivity (Wildman–Crippen MR) is 110 cm³/mol. The molecule has 1 amide bonds. The van der Waals surface area contributed by atoms with E-state index in [1.54, 1.807) is 31.4 Å². The smallest absolute Gasteiger partial charge is 0.262 e. The van der Waals surface area contributed by atoms with Gasteiger partial charge in [0.25, 0.3) is 5.91 Å². The van der Waals surface area contributed by atoms with E-state index < -0.39 is 5.91 Å². The molecule has 1 N–H and O–H groups in total. The Bertz CT molecular complexity index is 854. The summed E-state index contributed by atoms with van der Waals surface area (Å²) in [6.45, 7) is 4.60. The van der Waals surface area contributed by atoms with Crippen LogP contribution in [0.15, 0.2) is 54.1 Å². The van der Waals surface area contributed by atoms with E-state index in [4.69, 9.17) is 9.47 Å². The van der Waals surface area contributed by atoms with Crippen molar-refractivity contribution in [1.29, 1.82) is 5.26 Å². The molecule has 146 valence electrons. The van der Waals surface area contributed by atoms with E-state index in [0.29, 0.717) is 23.7 Å². The Morgan fingerprint density at radius 2 is 1.96 bits per heavy atom. The summed E-state index contributed by atoms with van der Waals surface area (Å²) >= 11 is 0. The lowest BCUT2D eigenvalue weighted by Gasteiger charge is -2.14. The third kappa shape index (κ3) is 5.88. The van der Waals surface area contributed by atoms with Gasteiger partial charge in [0.15, 0.2) is 11.5 Å².